The normalized spacial score (nSPS) is 11.3. The largest absolute Gasteiger partial charge is 0.497 e. The van der Waals surface area contributed by atoms with Gasteiger partial charge in [0.25, 0.3) is 0 Å². The molecule has 3 rings (SSSR count). The number of fused-ring (bicyclic) bond motifs is 1. The van der Waals surface area contributed by atoms with Crippen molar-refractivity contribution in [2.75, 3.05) is 7.11 Å². The first-order chi connectivity index (χ1) is 10.5. The molecular formula is C16H16N2O3S. The summed E-state index contributed by atoms with van der Waals surface area (Å²) in [6.45, 7) is 4.11. The van der Waals surface area contributed by atoms with Crippen LogP contribution in [0.4, 0.5) is 0 Å². The molecule has 0 amide bonds. The van der Waals surface area contributed by atoms with Crippen molar-refractivity contribution in [2.45, 2.75) is 19.8 Å². The van der Waals surface area contributed by atoms with Crippen LogP contribution in [0.15, 0.2) is 30.3 Å². The van der Waals surface area contributed by atoms with E-state index in [-0.39, 0.29) is 5.92 Å². The van der Waals surface area contributed by atoms with Gasteiger partial charge >= 0.3 is 5.97 Å². The average Bonchev–Trinajstić information content (AvgIpc) is 3.06. The molecule has 0 aliphatic heterocycles. The van der Waals surface area contributed by atoms with Gasteiger partial charge in [-0.15, -0.1) is 11.3 Å². The average molecular weight is 316 g/mol. The molecule has 2 aromatic heterocycles. The van der Waals surface area contributed by atoms with Crippen LogP contribution in [0.2, 0.25) is 0 Å². The molecule has 2 heterocycles. The number of carboxylic acid groups (broad SMARTS) is 1. The van der Waals surface area contributed by atoms with Crippen LogP contribution in [0, 0.1) is 0 Å². The lowest BCUT2D eigenvalue weighted by molar-refractivity contribution is 0.0702. The number of aromatic nitrogens is 2. The van der Waals surface area contributed by atoms with Gasteiger partial charge in [-0.2, -0.15) is 5.10 Å². The summed E-state index contributed by atoms with van der Waals surface area (Å²) in [4.78, 5) is 12.4. The van der Waals surface area contributed by atoms with Gasteiger partial charge < -0.3 is 9.84 Å². The lowest BCUT2D eigenvalue weighted by Crippen LogP contribution is -1.98. The first-order valence-corrected chi connectivity index (χ1v) is 7.73. The Kier molecular flexibility index (Phi) is 3.62. The molecule has 1 N–H and O–H groups in total. The van der Waals surface area contributed by atoms with Crippen molar-refractivity contribution in [3.63, 3.8) is 0 Å². The van der Waals surface area contributed by atoms with Crippen molar-refractivity contribution in [3.05, 3.63) is 40.9 Å². The Morgan fingerprint density at radius 2 is 2.00 bits per heavy atom. The van der Waals surface area contributed by atoms with Crippen LogP contribution >= 0.6 is 11.3 Å². The standard InChI is InChI=1S/C16H16N2O3S/c1-9(2)14-12-8-13(16(19)20)22-15(12)18(17-14)10-4-6-11(21-3)7-5-10/h4-9H,1-3H3,(H,19,20). The molecule has 1 aromatic carbocycles. The minimum absolute atomic E-state index is 0.221. The van der Waals surface area contributed by atoms with Gasteiger partial charge in [-0.25, -0.2) is 9.48 Å². The Labute approximate surface area is 131 Å². The molecule has 0 bridgehead atoms. The Bertz CT molecular complexity index is 831. The maximum atomic E-state index is 11.2. The van der Waals surface area contributed by atoms with E-state index in [4.69, 9.17) is 4.74 Å². The topological polar surface area (TPSA) is 64.4 Å². The van der Waals surface area contributed by atoms with Crippen LogP contribution < -0.4 is 4.74 Å². The molecule has 0 radical (unpaired) electrons. The molecule has 0 unspecified atom stereocenters. The molecule has 6 heteroatoms. The highest BCUT2D eigenvalue weighted by atomic mass is 32.1. The second-order valence-corrected chi connectivity index (χ2v) is 6.32. The summed E-state index contributed by atoms with van der Waals surface area (Å²) in [5.74, 6) is 0.0871. The van der Waals surface area contributed by atoms with Gasteiger partial charge in [0.05, 0.1) is 18.5 Å². The van der Waals surface area contributed by atoms with E-state index < -0.39 is 5.97 Å². The molecule has 0 saturated carbocycles. The van der Waals surface area contributed by atoms with Crippen molar-refractivity contribution in [3.8, 4) is 11.4 Å². The highest BCUT2D eigenvalue weighted by molar-refractivity contribution is 7.20. The van der Waals surface area contributed by atoms with Crippen LogP contribution in [0.25, 0.3) is 15.9 Å². The number of nitrogens with zero attached hydrogens (tertiary/aromatic N) is 2. The molecule has 0 saturated heterocycles. The Balaban J connectivity index is 2.21. The molecule has 0 aliphatic carbocycles. The van der Waals surface area contributed by atoms with Crippen molar-refractivity contribution in [1.29, 1.82) is 0 Å². The Morgan fingerprint density at radius 1 is 1.32 bits per heavy atom. The van der Waals surface area contributed by atoms with Gasteiger partial charge in [-0.3, -0.25) is 0 Å². The first-order valence-electron chi connectivity index (χ1n) is 6.91. The maximum Gasteiger partial charge on any atom is 0.345 e. The molecule has 0 fully saturated rings. The van der Waals surface area contributed by atoms with Gasteiger partial charge in [0.1, 0.15) is 15.5 Å². The summed E-state index contributed by atoms with van der Waals surface area (Å²) in [5, 5.41) is 14.8. The smallest absolute Gasteiger partial charge is 0.345 e. The molecule has 0 spiro atoms. The molecule has 5 nitrogen and oxygen atoms in total. The van der Waals surface area contributed by atoms with E-state index in [1.807, 2.05) is 24.3 Å². The molecule has 0 atom stereocenters. The summed E-state index contributed by atoms with van der Waals surface area (Å²) in [7, 11) is 1.62. The van der Waals surface area contributed by atoms with Gasteiger partial charge in [-0.1, -0.05) is 13.8 Å². The van der Waals surface area contributed by atoms with E-state index in [1.165, 1.54) is 11.3 Å². The van der Waals surface area contributed by atoms with E-state index in [2.05, 4.69) is 18.9 Å². The third-order valence-corrected chi connectivity index (χ3v) is 4.56. The number of aromatic carboxylic acids is 1. The zero-order valence-corrected chi connectivity index (χ0v) is 13.3. The monoisotopic (exact) mass is 316 g/mol. The number of carbonyl (C=O) groups is 1. The maximum absolute atomic E-state index is 11.2. The van der Waals surface area contributed by atoms with Crippen LogP contribution in [-0.4, -0.2) is 28.0 Å². The van der Waals surface area contributed by atoms with Crippen molar-refractivity contribution in [1.82, 2.24) is 9.78 Å². The van der Waals surface area contributed by atoms with Crippen molar-refractivity contribution < 1.29 is 14.6 Å². The number of thiophene rings is 1. The third-order valence-electron chi connectivity index (χ3n) is 3.46. The van der Waals surface area contributed by atoms with Crippen LogP contribution in [0.5, 0.6) is 5.75 Å². The molecule has 22 heavy (non-hydrogen) atoms. The fourth-order valence-corrected chi connectivity index (χ4v) is 3.34. The Hall–Kier alpha value is -2.34. The van der Waals surface area contributed by atoms with Gasteiger partial charge in [0, 0.05) is 5.39 Å². The fraction of sp³-hybridized carbons (Fsp3) is 0.250. The number of rotatable bonds is 4. The van der Waals surface area contributed by atoms with Crippen molar-refractivity contribution in [2.24, 2.45) is 0 Å². The lowest BCUT2D eigenvalue weighted by atomic mass is 10.1. The summed E-state index contributed by atoms with van der Waals surface area (Å²) in [6.07, 6.45) is 0. The van der Waals surface area contributed by atoms with Crippen LogP contribution in [0.3, 0.4) is 0 Å². The van der Waals surface area contributed by atoms with Crippen LogP contribution in [0.1, 0.15) is 35.1 Å². The number of hydrogen-bond acceptors (Lipinski definition) is 4. The predicted molar refractivity (Wildman–Crippen MR) is 86.5 cm³/mol. The zero-order valence-electron chi connectivity index (χ0n) is 12.5. The second-order valence-electron chi connectivity index (χ2n) is 5.28. The number of ether oxygens (including phenoxy) is 1. The predicted octanol–water partition coefficient (Wildman–Crippen LogP) is 3.92. The molecular weight excluding hydrogens is 300 g/mol. The van der Waals surface area contributed by atoms with Gasteiger partial charge in [0.15, 0.2) is 0 Å². The van der Waals surface area contributed by atoms with E-state index in [0.29, 0.717) is 4.88 Å². The lowest BCUT2D eigenvalue weighted by Gasteiger charge is -2.04. The molecule has 3 aromatic rings. The summed E-state index contributed by atoms with van der Waals surface area (Å²) >= 11 is 1.24. The van der Waals surface area contributed by atoms with Gasteiger partial charge in [0.2, 0.25) is 0 Å². The first kappa shape index (κ1) is 14.6. The second kappa shape index (κ2) is 5.46. The number of benzene rings is 1. The quantitative estimate of drug-likeness (QED) is 0.792. The molecule has 0 aliphatic rings. The fourth-order valence-electron chi connectivity index (χ4n) is 2.36. The number of methoxy groups -OCH3 is 1. The summed E-state index contributed by atoms with van der Waals surface area (Å²) in [6, 6.07) is 9.27. The van der Waals surface area contributed by atoms with Crippen molar-refractivity contribution >= 4 is 27.5 Å². The SMILES string of the molecule is COc1ccc(-n2nc(C(C)C)c3cc(C(=O)O)sc32)cc1. The van der Waals surface area contributed by atoms with E-state index >= 15 is 0 Å². The van der Waals surface area contributed by atoms with E-state index in [9.17, 15) is 9.90 Å². The highest BCUT2D eigenvalue weighted by Crippen LogP contribution is 2.34. The van der Waals surface area contributed by atoms with E-state index in [0.717, 1.165) is 27.3 Å². The summed E-state index contributed by atoms with van der Waals surface area (Å²) in [5.41, 5.74) is 1.80. The van der Waals surface area contributed by atoms with Crippen LogP contribution in [-0.2, 0) is 0 Å². The minimum atomic E-state index is -0.905. The Morgan fingerprint density at radius 3 is 2.55 bits per heavy atom. The van der Waals surface area contributed by atoms with E-state index in [1.54, 1.807) is 17.9 Å². The third kappa shape index (κ3) is 2.35. The highest BCUT2D eigenvalue weighted by Gasteiger charge is 2.20. The molecule has 114 valence electrons. The number of hydrogen-bond donors (Lipinski definition) is 1. The number of carboxylic acids is 1. The van der Waals surface area contributed by atoms with Gasteiger partial charge in [-0.05, 0) is 36.2 Å². The minimum Gasteiger partial charge on any atom is -0.497 e. The zero-order chi connectivity index (χ0) is 15.9. The summed E-state index contributed by atoms with van der Waals surface area (Å²) < 4.78 is 6.97.